The summed E-state index contributed by atoms with van der Waals surface area (Å²) in [7, 11) is 0. The van der Waals surface area contributed by atoms with Gasteiger partial charge in [-0.15, -0.1) is 0 Å². The molecule has 0 N–H and O–H groups in total. The van der Waals surface area contributed by atoms with Crippen molar-refractivity contribution in [3.05, 3.63) is 24.3 Å². The Morgan fingerprint density at radius 3 is 0.614 bits per heavy atom. The highest BCUT2D eigenvalue weighted by molar-refractivity contribution is 5.71. The Morgan fingerprint density at radius 2 is 0.398 bits per heavy atom. The molecular weight excluding hydrogens is 1020 g/mol. The Bertz CT molecular complexity index is 1340. The highest BCUT2D eigenvalue weighted by Crippen LogP contribution is 2.19. The molecule has 0 aliphatic heterocycles. The third kappa shape index (κ3) is 70.5. The molecule has 0 aliphatic carbocycles. The van der Waals surface area contributed by atoms with Crippen molar-refractivity contribution in [3.8, 4) is 0 Å². The van der Waals surface area contributed by atoms with Gasteiger partial charge in [0.25, 0.3) is 0 Å². The Labute approximate surface area is 519 Å². The van der Waals surface area contributed by atoms with Gasteiger partial charge < -0.3 is 14.2 Å². The fraction of sp³-hybridized carbons (Fsp3) is 0.909. The SMILES string of the molecule is CCCCCC/C=C\CCCCCCCC(=O)OCC(COC(=O)CCCCCCCCCCCCCCCCCCCCCCCCC/C=C\CCCCCCCCCC)OC(=O)CCCCCCCCCCCCCCCCCCC. The first-order chi connectivity index (χ1) is 41.0. The van der Waals surface area contributed by atoms with E-state index < -0.39 is 6.10 Å². The van der Waals surface area contributed by atoms with Crippen LogP contribution in [-0.4, -0.2) is 37.2 Å². The number of esters is 3. The van der Waals surface area contributed by atoms with E-state index in [0.29, 0.717) is 19.3 Å². The second-order valence-electron chi connectivity index (χ2n) is 25.9. The lowest BCUT2D eigenvalue weighted by atomic mass is 10.0. The first-order valence-electron chi connectivity index (χ1n) is 37.8. The van der Waals surface area contributed by atoms with E-state index in [-0.39, 0.29) is 31.1 Å². The minimum Gasteiger partial charge on any atom is -0.462 e. The van der Waals surface area contributed by atoms with Crippen molar-refractivity contribution in [2.75, 3.05) is 13.2 Å². The van der Waals surface area contributed by atoms with Gasteiger partial charge in [-0.2, -0.15) is 0 Å². The third-order valence-electron chi connectivity index (χ3n) is 17.4. The Balaban J connectivity index is 4.05. The predicted molar refractivity (Wildman–Crippen MR) is 363 cm³/mol. The van der Waals surface area contributed by atoms with E-state index in [0.717, 1.165) is 64.2 Å². The summed E-state index contributed by atoms with van der Waals surface area (Å²) in [6, 6.07) is 0. The maximum absolute atomic E-state index is 12.9. The molecule has 0 aromatic rings. The van der Waals surface area contributed by atoms with E-state index in [9.17, 15) is 14.4 Å². The number of rotatable bonds is 71. The summed E-state index contributed by atoms with van der Waals surface area (Å²) in [5.74, 6) is -0.843. The summed E-state index contributed by atoms with van der Waals surface area (Å²) in [6.07, 6.45) is 89.6. The fourth-order valence-electron chi connectivity index (χ4n) is 11.7. The van der Waals surface area contributed by atoms with Gasteiger partial charge in [0.05, 0.1) is 0 Å². The predicted octanol–water partition coefficient (Wildman–Crippen LogP) is 26.1. The van der Waals surface area contributed by atoms with Crippen LogP contribution in [0.5, 0.6) is 0 Å². The smallest absolute Gasteiger partial charge is 0.306 e. The van der Waals surface area contributed by atoms with Gasteiger partial charge >= 0.3 is 17.9 Å². The van der Waals surface area contributed by atoms with Crippen molar-refractivity contribution >= 4 is 17.9 Å². The molecule has 0 aromatic heterocycles. The van der Waals surface area contributed by atoms with Crippen LogP contribution in [0.4, 0.5) is 0 Å². The maximum atomic E-state index is 12.9. The zero-order valence-corrected chi connectivity index (χ0v) is 56.5. The van der Waals surface area contributed by atoms with E-state index in [2.05, 4.69) is 45.1 Å². The molecule has 490 valence electrons. The lowest BCUT2D eigenvalue weighted by Crippen LogP contribution is -2.30. The minimum absolute atomic E-state index is 0.0669. The minimum atomic E-state index is -0.771. The maximum Gasteiger partial charge on any atom is 0.306 e. The van der Waals surface area contributed by atoms with Crippen molar-refractivity contribution in [1.29, 1.82) is 0 Å². The van der Waals surface area contributed by atoms with Gasteiger partial charge in [-0.25, -0.2) is 0 Å². The van der Waals surface area contributed by atoms with Gasteiger partial charge in [0.15, 0.2) is 6.10 Å². The molecular formula is C77H146O6. The zero-order valence-electron chi connectivity index (χ0n) is 56.5. The molecule has 83 heavy (non-hydrogen) atoms. The number of unbranched alkanes of at least 4 members (excludes halogenated alkanes) is 56. The molecule has 0 heterocycles. The number of hydrogen-bond acceptors (Lipinski definition) is 6. The van der Waals surface area contributed by atoms with E-state index in [4.69, 9.17) is 14.2 Å². The van der Waals surface area contributed by atoms with Gasteiger partial charge in [0.1, 0.15) is 13.2 Å². The number of ether oxygens (including phenoxy) is 3. The van der Waals surface area contributed by atoms with E-state index >= 15 is 0 Å². The van der Waals surface area contributed by atoms with E-state index in [1.165, 1.54) is 327 Å². The van der Waals surface area contributed by atoms with Crippen molar-refractivity contribution in [2.45, 2.75) is 438 Å². The third-order valence-corrected chi connectivity index (χ3v) is 17.4. The topological polar surface area (TPSA) is 78.9 Å². The van der Waals surface area contributed by atoms with Crippen LogP contribution in [-0.2, 0) is 28.6 Å². The average Bonchev–Trinajstić information content (AvgIpc) is 3.49. The summed E-state index contributed by atoms with van der Waals surface area (Å²) >= 11 is 0. The molecule has 0 aromatic carbocycles. The summed E-state index contributed by atoms with van der Waals surface area (Å²) < 4.78 is 17.0. The number of hydrogen-bond donors (Lipinski definition) is 0. The molecule has 0 amide bonds. The summed E-state index contributed by atoms with van der Waals surface area (Å²) in [6.45, 7) is 6.70. The molecule has 1 unspecified atom stereocenters. The molecule has 0 rings (SSSR count). The first-order valence-corrected chi connectivity index (χ1v) is 37.8. The summed E-state index contributed by atoms with van der Waals surface area (Å²) in [5.41, 5.74) is 0. The van der Waals surface area contributed by atoms with Crippen molar-refractivity contribution in [3.63, 3.8) is 0 Å². The van der Waals surface area contributed by atoms with E-state index in [1.54, 1.807) is 0 Å². The Hall–Kier alpha value is -2.11. The number of carbonyl (C=O) groups is 3. The van der Waals surface area contributed by atoms with Crippen LogP contribution in [0.25, 0.3) is 0 Å². The lowest BCUT2D eigenvalue weighted by molar-refractivity contribution is -0.167. The zero-order chi connectivity index (χ0) is 59.9. The van der Waals surface area contributed by atoms with Crippen molar-refractivity contribution < 1.29 is 28.6 Å². The number of allylic oxidation sites excluding steroid dienone is 4. The fourth-order valence-corrected chi connectivity index (χ4v) is 11.7. The van der Waals surface area contributed by atoms with Gasteiger partial charge in [0, 0.05) is 19.3 Å². The largest absolute Gasteiger partial charge is 0.462 e. The quantitative estimate of drug-likeness (QED) is 0.0261. The number of carbonyl (C=O) groups excluding carboxylic acids is 3. The van der Waals surface area contributed by atoms with Gasteiger partial charge in [-0.1, -0.05) is 366 Å². The second kappa shape index (κ2) is 72.4. The molecule has 0 spiro atoms. The standard InChI is InChI=1S/C77H146O6/c1-4-7-10-13-16-19-22-25-27-29-30-31-32-33-34-35-36-37-38-39-40-41-42-43-44-45-46-48-49-52-55-58-61-64-67-70-76(79)82-73-74(72-81-75(78)69-66-63-60-57-54-51-24-21-18-15-12-9-6-3)83-77(80)71-68-65-62-59-56-53-50-47-28-26-23-20-17-14-11-8-5-2/h21,24,29-30,74H,4-20,22-23,25-28,31-73H2,1-3H3/b24-21-,30-29-. The van der Waals surface area contributed by atoms with Crippen LogP contribution < -0.4 is 0 Å². The normalized spacial score (nSPS) is 12.1. The van der Waals surface area contributed by atoms with Crippen LogP contribution in [0.1, 0.15) is 432 Å². The monoisotopic (exact) mass is 1170 g/mol. The Kier molecular flexibility index (Phi) is 70.5. The van der Waals surface area contributed by atoms with E-state index in [1.807, 2.05) is 0 Å². The first kappa shape index (κ1) is 80.9. The molecule has 0 bridgehead atoms. The molecule has 6 nitrogen and oxygen atoms in total. The van der Waals surface area contributed by atoms with Gasteiger partial charge in [-0.05, 0) is 70.6 Å². The lowest BCUT2D eigenvalue weighted by Gasteiger charge is -2.18. The summed E-state index contributed by atoms with van der Waals surface area (Å²) in [5, 5.41) is 0. The highest BCUT2D eigenvalue weighted by atomic mass is 16.6. The molecule has 1 atom stereocenters. The van der Waals surface area contributed by atoms with Crippen molar-refractivity contribution in [1.82, 2.24) is 0 Å². The second-order valence-corrected chi connectivity index (χ2v) is 25.9. The molecule has 6 heteroatoms. The van der Waals surface area contributed by atoms with Crippen LogP contribution in [0.15, 0.2) is 24.3 Å². The van der Waals surface area contributed by atoms with Gasteiger partial charge in [0.2, 0.25) is 0 Å². The molecule has 0 fully saturated rings. The van der Waals surface area contributed by atoms with Crippen LogP contribution in [0, 0.1) is 0 Å². The van der Waals surface area contributed by atoms with Gasteiger partial charge in [-0.3, -0.25) is 14.4 Å². The van der Waals surface area contributed by atoms with Crippen LogP contribution in [0.3, 0.4) is 0 Å². The summed E-state index contributed by atoms with van der Waals surface area (Å²) in [4.78, 5) is 38.4. The van der Waals surface area contributed by atoms with Crippen LogP contribution in [0.2, 0.25) is 0 Å². The highest BCUT2D eigenvalue weighted by Gasteiger charge is 2.20. The van der Waals surface area contributed by atoms with Crippen molar-refractivity contribution in [2.24, 2.45) is 0 Å². The van der Waals surface area contributed by atoms with Crippen LogP contribution >= 0.6 is 0 Å². The average molecular weight is 1170 g/mol. The molecule has 0 saturated carbocycles. The Morgan fingerprint density at radius 1 is 0.229 bits per heavy atom. The molecule has 0 aliphatic rings. The molecule has 0 radical (unpaired) electrons. The molecule has 0 saturated heterocycles.